The first-order valence-electron chi connectivity index (χ1n) is 5.24. The molecule has 1 aromatic rings. The predicted octanol–water partition coefficient (Wildman–Crippen LogP) is 1.35. The zero-order valence-corrected chi connectivity index (χ0v) is 9.23. The van der Waals surface area contributed by atoms with Gasteiger partial charge >= 0.3 is 12.3 Å². The highest BCUT2D eigenvalue weighted by Crippen LogP contribution is 2.41. The van der Waals surface area contributed by atoms with Crippen LogP contribution in [0.2, 0.25) is 0 Å². The van der Waals surface area contributed by atoms with Crippen LogP contribution in [0.3, 0.4) is 0 Å². The van der Waals surface area contributed by atoms with E-state index in [0.717, 1.165) is 0 Å². The molecule has 1 heterocycles. The summed E-state index contributed by atoms with van der Waals surface area (Å²) in [4.78, 5) is 10.5. The molecule has 0 saturated carbocycles. The first kappa shape index (κ1) is 12.6. The SMILES string of the molecule is N[C@@H](CCc1ccc2c(c1)OC(F)(F)O2)C(=O)O. The number of hydrogen-bond acceptors (Lipinski definition) is 4. The molecule has 0 aromatic heterocycles. The van der Waals surface area contributed by atoms with Crippen LogP contribution in [0.1, 0.15) is 12.0 Å². The molecule has 0 aliphatic carbocycles. The lowest BCUT2D eigenvalue weighted by Gasteiger charge is -2.06. The molecule has 7 heteroatoms. The number of aliphatic carboxylic acids is 1. The molecule has 98 valence electrons. The molecule has 0 amide bonds. The minimum absolute atomic E-state index is 0.0358. The average molecular weight is 259 g/mol. The molecular formula is C11H11F2NO4. The molecule has 0 bridgehead atoms. The summed E-state index contributed by atoms with van der Waals surface area (Å²) >= 11 is 0. The summed E-state index contributed by atoms with van der Waals surface area (Å²) in [6.07, 6.45) is -3.07. The van der Waals surface area contributed by atoms with E-state index in [2.05, 4.69) is 9.47 Å². The number of fused-ring (bicyclic) bond motifs is 1. The minimum Gasteiger partial charge on any atom is -0.480 e. The largest absolute Gasteiger partial charge is 0.586 e. The van der Waals surface area contributed by atoms with Crippen molar-refractivity contribution in [2.45, 2.75) is 25.2 Å². The number of aryl methyl sites for hydroxylation is 1. The Morgan fingerprint density at radius 3 is 2.72 bits per heavy atom. The number of hydrogen-bond donors (Lipinski definition) is 2. The van der Waals surface area contributed by atoms with E-state index in [4.69, 9.17) is 10.8 Å². The number of rotatable bonds is 4. The van der Waals surface area contributed by atoms with Gasteiger partial charge in [0.2, 0.25) is 0 Å². The molecule has 1 atom stereocenters. The Balaban J connectivity index is 2.03. The zero-order chi connectivity index (χ0) is 13.3. The average Bonchev–Trinajstić information content (AvgIpc) is 2.58. The number of ether oxygens (including phenoxy) is 2. The summed E-state index contributed by atoms with van der Waals surface area (Å²) in [5.74, 6) is -1.19. The van der Waals surface area contributed by atoms with Crippen molar-refractivity contribution in [2.24, 2.45) is 5.73 Å². The van der Waals surface area contributed by atoms with Crippen LogP contribution in [0.25, 0.3) is 0 Å². The molecule has 5 nitrogen and oxygen atoms in total. The summed E-state index contributed by atoms with van der Waals surface area (Å²) in [5.41, 5.74) is 6.00. The standard InChI is InChI=1S/C11H11F2NO4/c12-11(13)17-8-4-2-6(5-9(8)18-11)1-3-7(14)10(15)16/h2,4-5,7H,1,3,14H2,(H,15,16)/t7-/m0/s1. The third-order valence-corrected chi connectivity index (χ3v) is 2.53. The van der Waals surface area contributed by atoms with Crippen LogP contribution in [0.15, 0.2) is 18.2 Å². The Bertz CT molecular complexity index is 478. The molecule has 18 heavy (non-hydrogen) atoms. The molecule has 0 spiro atoms. The highest BCUT2D eigenvalue weighted by Gasteiger charge is 2.43. The van der Waals surface area contributed by atoms with Gasteiger partial charge in [0.1, 0.15) is 6.04 Å². The number of alkyl halides is 2. The molecule has 0 fully saturated rings. The Kier molecular flexibility index (Phi) is 3.08. The summed E-state index contributed by atoms with van der Waals surface area (Å²) in [6.45, 7) is 0. The van der Waals surface area contributed by atoms with Gasteiger partial charge < -0.3 is 20.3 Å². The van der Waals surface area contributed by atoms with E-state index in [-0.39, 0.29) is 17.9 Å². The zero-order valence-electron chi connectivity index (χ0n) is 9.23. The van der Waals surface area contributed by atoms with Crippen molar-refractivity contribution in [1.82, 2.24) is 0 Å². The number of carbonyl (C=O) groups is 1. The fourth-order valence-electron chi connectivity index (χ4n) is 1.59. The van der Waals surface area contributed by atoms with Gasteiger partial charge in [0, 0.05) is 0 Å². The second kappa shape index (κ2) is 4.41. The van der Waals surface area contributed by atoms with Crippen LogP contribution < -0.4 is 15.2 Å². The van der Waals surface area contributed by atoms with Crippen LogP contribution in [0, 0.1) is 0 Å². The van der Waals surface area contributed by atoms with Crippen molar-refractivity contribution in [3.05, 3.63) is 23.8 Å². The fraction of sp³-hybridized carbons (Fsp3) is 0.364. The van der Waals surface area contributed by atoms with Crippen molar-refractivity contribution in [1.29, 1.82) is 0 Å². The van der Waals surface area contributed by atoms with E-state index in [9.17, 15) is 13.6 Å². The summed E-state index contributed by atoms with van der Waals surface area (Å²) in [5, 5.41) is 8.61. The smallest absolute Gasteiger partial charge is 0.480 e. The fourth-order valence-corrected chi connectivity index (χ4v) is 1.59. The lowest BCUT2D eigenvalue weighted by molar-refractivity contribution is -0.286. The molecular weight excluding hydrogens is 248 g/mol. The Morgan fingerprint density at radius 1 is 1.39 bits per heavy atom. The number of nitrogens with two attached hydrogens (primary N) is 1. The lowest BCUT2D eigenvalue weighted by atomic mass is 10.1. The number of carboxylic acid groups (broad SMARTS) is 1. The molecule has 1 aliphatic rings. The third-order valence-electron chi connectivity index (χ3n) is 2.53. The first-order valence-corrected chi connectivity index (χ1v) is 5.24. The molecule has 0 unspecified atom stereocenters. The second-order valence-electron chi connectivity index (χ2n) is 3.93. The quantitative estimate of drug-likeness (QED) is 0.853. The van der Waals surface area contributed by atoms with E-state index in [1.165, 1.54) is 12.1 Å². The van der Waals surface area contributed by atoms with Gasteiger partial charge in [-0.05, 0) is 30.5 Å². The maximum atomic E-state index is 12.7. The maximum absolute atomic E-state index is 12.7. The monoisotopic (exact) mass is 259 g/mol. The Labute approximate surface area is 101 Å². The Hall–Kier alpha value is -1.89. The second-order valence-corrected chi connectivity index (χ2v) is 3.93. The first-order chi connectivity index (χ1) is 8.37. The predicted molar refractivity (Wildman–Crippen MR) is 56.6 cm³/mol. The number of benzene rings is 1. The molecule has 3 N–H and O–H groups in total. The minimum atomic E-state index is -3.64. The van der Waals surface area contributed by atoms with Gasteiger partial charge in [-0.3, -0.25) is 4.79 Å². The van der Waals surface area contributed by atoms with E-state index in [0.29, 0.717) is 12.0 Å². The summed E-state index contributed by atoms with van der Waals surface area (Å²) in [7, 11) is 0. The van der Waals surface area contributed by atoms with E-state index >= 15 is 0 Å². The molecule has 1 aromatic carbocycles. The van der Waals surface area contributed by atoms with Crippen LogP contribution >= 0.6 is 0 Å². The number of carboxylic acids is 1. The molecule has 2 rings (SSSR count). The highest BCUT2D eigenvalue weighted by atomic mass is 19.3. The lowest BCUT2D eigenvalue weighted by Crippen LogP contribution is -2.30. The van der Waals surface area contributed by atoms with Gasteiger partial charge in [0.15, 0.2) is 11.5 Å². The number of halogens is 2. The van der Waals surface area contributed by atoms with Crippen molar-refractivity contribution >= 4 is 5.97 Å². The van der Waals surface area contributed by atoms with Crippen molar-refractivity contribution in [2.75, 3.05) is 0 Å². The summed E-state index contributed by atoms with van der Waals surface area (Å²) in [6, 6.07) is 3.35. The molecule has 0 saturated heterocycles. The third kappa shape index (κ3) is 2.67. The molecule has 0 radical (unpaired) electrons. The van der Waals surface area contributed by atoms with Gasteiger partial charge in [0.05, 0.1) is 0 Å². The van der Waals surface area contributed by atoms with E-state index < -0.39 is 18.3 Å². The van der Waals surface area contributed by atoms with Gasteiger partial charge in [-0.1, -0.05) is 6.07 Å². The van der Waals surface area contributed by atoms with Gasteiger partial charge in [-0.2, -0.15) is 0 Å². The molecule has 1 aliphatic heterocycles. The maximum Gasteiger partial charge on any atom is 0.586 e. The normalized spacial score (nSPS) is 17.5. The van der Waals surface area contributed by atoms with Crippen LogP contribution in [-0.2, 0) is 11.2 Å². The van der Waals surface area contributed by atoms with E-state index in [1.54, 1.807) is 6.07 Å². The van der Waals surface area contributed by atoms with Gasteiger partial charge in [-0.25, -0.2) is 0 Å². The van der Waals surface area contributed by atoms with Crippen LogP contribution in [0.5, 0.6) is 11.5 Å². The van der Waals surface area contributed by atoms with Gasteiger partial charge in [0.25, 0.3) is 0 Å². The van der Waals surface area contributed by atoms with Crippen molar-refractivity contribution in [3.8, 4) is 11.5 Å². The van der Waals surface area contributed by atoms with Crippen LogP contribution in [0.4, 0.5) is 8.78 Å². The van der Waals surface area contributed by atoms with Crippen molar-refractivity contribution in [3.63, 3.8) is 0 Å². The van der Waals surface area contributed by atoms with Gasteiger partial charge in [-0.15, -0.1) is 8.78 Å². The summed E-state index contributed by atoms with van der Waals surface area (Å²) < 4.78 is 34.0. The topological polar surface area (TPSA) is 81.8 Å². The van der Waals surface area contributed by atoms with Crippen LogP contribution in [-0.4, -0.2) is 23.4 Å². The highest BCUT2D eigenvalue weighted by molar-refractivity contribution is 5.73. The van der Waals surface area contributed by atoms with E-state index in [1.807, 2.05) is 0 Å². The van der Waals surface area contributed by atoms with Crippen molar-refractivity contribution < 1.29 is 28.2 Å². The Morgan fingerprint density at radius 2 is 2.06 bits per heavy atom.